The summed E-state index contributed by atoms with van der Waals surface area (Å²) in [6.45, 7) is 1.74. The van der Waals surface area contributed by atoms with Crippen LogP contribution in [0.5, 0.6) is 0 Å². The first-order valence-corrected chi connectivity index (χ1v) is 5.89. The van der Waals surface area contributed by atoms with Crippen LogP contribution in [0, 0.1) is 6.92 Å². The van der Waals surface area contributed by atoms with Crippen LogP contribution in [0.2, 0.25) is 5.02 Å². The molecule has 9 heteroatoms. The van der Waals surface area contributed by atoms with Crippen molar-refractivity contribution in [3.63, 3.8) is 0 Å². The van der Waals surface area contributed by atoms with Gasteiger partial charge in [-0.3, -0.25) is 24.6 Å². The highest BCUT2D eigenvalue weighted by Crippen LogP contribution is 2.15. The highest BCUT2D eigenvalue weighted by atomic mass is 35.5. The maximum absolute atomic E-state index is 11.6. The number of nitrogens with two attached hydrogens (primary N) is 1. The van der Waals surface area contributed by atoms with Gasteiger partial charge in [0.05, 0.1) is 6.54 Å². The van der Waals surface area contributed by atoms with Crippen molar-refractivity contribution in [2.45, 2.75) is 13.5 Å². The first kappa shape index (κ1) is 14.1. The number of nitrogen functional groups attached to an aromatic ring is 1. The Balaban J connectivity index is 2.38. The Morgan fingerprint density at radius 1 is 1.55 bits per heavy atom. The van der Waals surface area contributed by atoms with Crippen molar-refractivity contribution in [3.8, 4) is 0 Å². The number of rotatable bonds is 3. The number of aromatic nitrogens is 2. The molecule has 8 nitrogen and oxygen atoms in total. The zero-order valence-corrected chi connectivity index (χ0v) is 11.2. The molecule has 0 bridgehead atoms. The molecule has 0 saturated carbocycles. The Kier molecular flexibility index (Phi) is 3.77. The topological polar surface area (TPSA) is 123 Å². The summed E-state index contributed by atoms with van der Waals surface area (Å²) in [5, 5.41) is -0.106. The van der Waals surface area contributed by atoms with Gasteiger partial charge >= 0.3 is 11.6 Å². The standard InChI is InChI=1S/C11H11ClN4O4/c1-5-6(2-8(20-5)10(18)15-13)3-16-4-7(12)9(17)14-11(16)19/h2,4H,3,13H2,1H3,(H,15,18)(H,14,17,19). The van der Waals surface area contributed by atoms with Crippen LogP contribution >= 0.6 is 11.6 Å². The molecule has 0 aromatic carbocycles. The quantitative estimate of drug-likeness (QED) is 0.409. The SMILES string of the molecule is Cc1oc(C(=O)NN)cc1Cn1cc(Cl)c(=O)[nH]c1=O. The van der Waals surface area contributed by atoms with Gasteiger partial charge in [-0.05, 0) is 13.0 Å². The molecule has 0 aliphatic rings. The number of carbonyl (C=O) groups is 1. The number of halogens is 1. The number of furan rings is 1. The molecule has 0 aliphatic heterocycles. The molecule has 2 rings (SSSR count). The number of nitrogens with zero attached hydrogens (tertiary/aromatic N) is 1. The molecule has 0 radical (unpaired) electrons. The van der Waals surface area contributed by atoms with E-state index in [0.717, 1.165) is 0 Å². The molecule has 0 atom stereocenters. The van der Waals surface area contributed by atoms with E-state index in [9.17, 15) is 14.4 Å². The molecule has 0 saturated heterocycles. The van der Waals surface area contributed by atoms with Crippen molar-refractivity contribution in [1.82, 2.24) is 15.0 Å². The molecule has 106 valence electrons. The number of nitrogens with one attached hydrogen (secondary N) is 2. The molecular weight excluding hydrogens is 288 g/mol. The van der Waals surface area contributed by atoms with E-state index >= 15 is 0 Å². The largest absolute Gasteiger partial charge is 0.456 e. The van der Waals surface area contributed by atoms with Crippen LogP contribution in [-0.4, -0.2) is 15.5 Å². The van der Waals surface area contributed by atoms with E-state index in [-0.39, 0.29) is 17.3 Å². The predicted octanol–water partition coefficient (Wildman–Crippen LogP) is -0.257. The Labute approximate surface area is 117 Å². The van der Waals surface area contributed by atoms with Gasteiger partial charge in [-0.2, -0.15) is 0 Å². The van der Waals surface area contributed by atoms with Crippen molar-refractivity contribution in [2.24, 2.45) is 5.84 Å². The van der Waals surface area contributed by atoms with Gasteiger partial charge in [0.1, 0.15) is 10.8 Å². The molecule has 2 aromatic rings. The average Bonchev–Trinajstić information content (AvgIpc) is 2.76. The minimum Gasteiger partial charge on any atom is -0.456 e. The van der Waals surface area contributed by atoms with Crippen LogP contribution in [0.15, 0.2) is 26.3 Å². The molecule has 0 fully saturated rings. The molecular formula is C11H11ClN4O4. The zero-order valence-electron chi connectivity index (χ0n) is 10.4. The summed E-state index contributed by atoms with van der Waals surface area (Å²) in [7, 11) is 0. The molecule has 0 unspecified atom stereocenters. The molecule has 2 aromatic heterocycles. The second-order valence-corrected chi connectivity index (χ2v) is 4.44. The van der Waals surface area contributed by atoms with Crippen molar-refractivity contribution < 1.29 is 9.21 Å². The maximum atomic E-state index is 11.6. The number of hydrogen-bond acceptors (Lipinski definition) is 5. The summed E-state index contributed by atoms with van der Waals surface area (Å²) >= 11 is 5.66. The van der Waals surface area contributed by atoms with Crippen LogP contribution in [-0.2, 0) is 6.54 Å². The third-order valence-electron chi connectivity index (χ3n) is 2.68. The number of aryl methyl sites for hydroxylation is 1. The van der Waals surface area contributed by atoms with Gasteiger partial charge in [0.15, 0.2) is 5.76 Å². The first-order chi connectivity index (χ1) is 9.42. The number of carbonyl (C=O) groups excluding carboxylic acids is 1. The summed E-state index contributed by atoms with van der Waals surface area (Å²) in [5.74, 6) is 4.91. The minimum atomic E-state index is -0.653. The van der Waals surface area contributed by atoms with Gasteiger partial charge in [0.2, 0.25) is 0 Å². The lowest BCUT2D eigenvalue weighted by Gasteiger charge is -2.03. The van der Waals surface area contributed by atoms with Crippen LogP contribution in [0.3, 0.4) is 0 Å². The summed E-state index contributed by atoms with van der Waals surface area (Å²) in [4.78, 5) is 36.2. The number of aromatic amines is 1. The molecule has 2 heterocycles. The number of hydrazine groups is 1. The molecule has 4 N–H and O–H groups in total. The van der Waals surface area contributed by atoms with Gasteiger partial charge < -0.3 is 4.42 Å². The fourth-order valence-corrected chi connectivity index (χ4v) is 1.81. The van der Waals surface area contributed by atoms with E-state index in [2.05, 4.69) is 4.98 Å². The Bertz CT molecular complexity index is 773. The third kappa shape index (κ3) is 2.65. The van der Waals surface area contributed by atoms with Crippen LogP contribution in [0.4, 0.5) is 0 Å². The van der Waals surface area contributed by atoms with Gasteiger partial charge in [-0.1, -0.05) is 11.6 Å². The van der Waals surface area contributed by atoms with Gasteiger partial charge in [-0.15, -0.1) is 0 Å². The normalized spacial score (nSPS) is 10.6. The Morgan fingerprint density at radius 3 is 2.90 bits per heavy atom. The van der Waals surface area contributed by atoms with Crippen molar-refractivity contribution >= 4 is 17.5 Å². The average molecular weight is 299 g/mol. The fraction of sp³-hybridized carbons (Fsp3) is 0.182. The fourth-order valence-electron chi connectivity index (χ4n) is 1.64. The van der Waals surface area contributed by atoms with Crippen molar-refractivity contribution in [1.29, 1.82) is 0 Å². The van der Waals surface area contributed by atoms with Gasteiger partial charge in [-0.25, -0.2) is 10.6 Å². The lowest BCUT2D eigenvalue weighted by Crippen LogP contribution is -2.30. The molecule has 0 aliphatic carbocycles. The van der Waals surface area contributed by atoms with Crippen molar-refractivity contribution in [2.75, 3.05) is 0 Å². The second kappa shape index (κ2) is 5.35. The summed E-state index contributed by atoms with van der Waals surface area (Å²) in [6.07, 6.45) is 1.22. The van der Waals surface area contributed by atoms with Crippen LogP contribution in [0.1, 0.15) is 21.9 Å². The number of H-pyrrole nitrogens is 1. The van der Waals surface area contributed by atoms with E-state index in [0.29, 0.717) is 11.3 Å². The molecule has 1 amide bonds. The minimum absolute atomic E-state index is 0.0311. The van der Waals surface area contributed by atoms with E-state index in [4.69, 9.17) is 21.9 Å². The lowest BCUT2D eigenvalue weighted by atomic mass is 10.2. The predicted molar refractivity (Wildman–Crippen MR) is 70.5 cm³/mol. The highest BCUT2D eigenvalue weighted by molar-refractivity contribution is 6.30. The van der Waals surface area contributed by atoms with Gasteiger partial charge in [0.25, 0.3) is 5.56 Å². The van der Waals surface area contributed by atoms with Gasteiger partial charge in [0, 0.05) is 11.8 Å². The summed E-state index contributed by atoms with van der Waals surface area (Å²) < 4.78 is 6.42. The lowest BCUT2D eigenvalue weighted by molar-refractivity contribution is 0.0924. The van der Waals surface area contributed by atoms with E-state index in [1.54, 1.807) is 6.92 Å². The van der Waals surface area contributed by atoms with Crippen LogP contribution < -0.4 is 22.5 Å². The second-order valence-electron chi connectivity index (χ2n) is 4.03. The molecule has 20 heavy (non-hydrogen) atoms. The first-order valence-electron chi connectivity index (χ1n) is 5.52. The number of amides is 1. The van der Waals surface area contributed by atoms with Crippen molar-refractivity contribution in [3.05, 3.63) is 55.2 Å². The smallest absolute Gasteiger partial charge is 0.328 e. The van der Waals surface area contributed by atoms with E-state index in [1.807, 2.05) is 5.43 Å². The maximum Gasteiger partial charge on any atom is 0.328 e. The Morgan fingerprint density at radius 2 is 2.25 bits per heavy atom. The zero-order chi connectivity index (χ0) is 14.9. The highest BCUT2D eigenvalue weighted by Gasteiger charge is 2.14. The van der Waals surface area contributed by atoms with E-state index < -0.39 is 17.2 Å². The Hall–Kier alpha value is -2.32. The molecule has 0 spiro atoms. The van der Waals surface area contributed by atoms with Crippen LogP contribution in [0.25, 0.3) is 0 Å². The third-order valence-corrected chi connectivity index (χ3v) is 2.95. The number of hydrogen-bond donors (Lipinski definition) is 3. The summed E-state index contributed by atoms with van der Waals surface area (Å²) in [5.41, 5.74) is 1.28. The van der Waals surface area contributed by atoms with E-state index in [1.165, 1.54) is 16.8 Å². The summed E-state index contributed by atoms with van der Waals surface area (Å²) in [6, 6.07) is 1.46. The monoisotopic (exact) mass is 298 g/mol.